The van der Waals surface area contributed by atoms with Crippen LogP contribution >= 0.6 is 11.3 Å². The number of hydrogen-bond acceptors (Lipinski definition) is 9. The first-order chi connectivity index (χ1) is 16.4. The number of methoxy groups -OCH3 is 1. The zero-order valence-corrected chi connectivity index (χ0v) is 19.1. The molecule has 4 heterocycles. The van der Waals surface area contributed by atoms with Crippen molar-refractivity contribution in [2.24, 2.45) is 5.73 Å². The fourth-order valence-electron chi connectivity index (χ4n) is 3.34. The standard InChI is InChI=1S/C20H16N8O4S2/c1-32-19-16(28-34(30,31)12-6-23-24-7-12)4-11(5-22-19)10-2-13(14-8-25-27-15(14)3-10)20-26-17(9-33-20)18(21)29/h2-9,28H,1H3,(H2,21,29)(H,23,24)(H,25,27). The first kappa shape index (κ1) is 21.5. The highest BCUT2D eigenvalue weighted by atomic mass is 32.2. The molecule has 0 bridgehead atoms. The maximum atomic E-state index is 12.7. The molecule has 34 heavy (non-hydrogen) atoms. The number of carbonyl (C=O) groups is 1. The second-order valence-corrected chi connectivity index (χ2v) is 9.62. The lowest BCUT2D eigenvalue weighted by atomic mass is 10.0. The molecule has 14 heteroatoms. The van der Waals surface area contributed by atoms with E-state index in [2.05, 4.69) is 35.1 Å². The largest absolute Gasteiger partial charge is 0.480 e. The minimum atomic E-state index is -3.92. The van der Waals surface area contributed by atoms with Crippen LogP contribution < -0.4 is 15.2 Å². The van der Waals surface area contributed by atoms with Crippen LogP contribution in [0, 0.1) is 0 Å². The van der Waals surface area contributed by atoms with Gasteiger partial charge < -0.3 is 10.5 Å². The van der Waals surface area contributed by atoms with Crippen LogP contribution in [0.2, 0.25) is 0 Å². The van der Waals surface area contributed by atoms with Crippen molar-refractivity contribution < 1.29 is 17.9 Å². The minimum Gasteiger partial charge on any atom is -0.480 e. The molecule has 0 unspecified atom stereocenters. The first-order valence-electron chi connectivity index (χ1n) is 9.64. The van der Waals surface area contributed by atoms with Crippen LogP contribution in [0.1, 0.15) is 10.5 Å². The Labute approximate surface area is 196 Å². The number of benzene rings is 1. The number of nitrogens with one attached hydrogen (secondary N) is 3. The summed E-state index contributed by atoms with van der Waals surface area (Å²) in [5, 5.41) is 16.2. The molecule has 4 aromatic heterocycles. The number of rotatable bonds is 7. The second kappa shape index (κ2) is 8.24. The maximum absolute atomic E-state index is 12.7. The molecule has 0 radical (unpaired) electrons. The van der Waals surface area contributed by atoms with Crippen molar-refractivity contribution in [2.45, 2.75) is 4.90 Å². The Hall–Kier alpha value is -4.30. The second-order valence-electron chi connectivity index (χ2n) is 7.08. The van der Waals surface area contributed by atoms with Crippen LogP contribution in [0.4, 0.5) is 5.69 Å². The summed E-state index contributed by atoms with van der Waals surface area (Å²) in [4.78, 5) is 20.1. The van der Waals surface area contributed by atoms with Crippen LogP contribution in [-0.2, 0) is 10.0 Å². The van der Waals surface area contributed by atoms with Gasteiger partial charge in [-0.15, -0.1) is 11.3 Å². The summed E-state index contributed by atoms with van der Waals surface area (Å²) in [5.41, 5.74) is 8.44. The lowest BCUT2D eigenvalue weighted by molar-refractivity contribution is 0.0996. The first-order valence-corrected chi connectivity index (χ1v) is 12.0. The third kappa shape index (κ3) is 3.84. The normalized spacial score (nSPS) is 11.6. The molecule has 1 amide bonds. The number of thiazole rings is 1. The summed E-state index contributed by atoms with van der Waals surface area (Å²) >= 11 is 1.28. The highest BCUT2D eigenvalue weighted by Crippen LogP contribution is 2.36. The van der Waals surface area contributed by atoms with Crippen LogP contribution in [0.5, 0.6) is 5.88 Å². The van der Waals surface area contributed by atoms with Gasteiger partial charge >= 0.3 is 0 Å². The number of H-pyrrole nitrogens is 2. The van der Waals surface area contributed by atoms with E-state index in [4.69, 9.17) is 10.5 Å². The predicted molar refractivity (Wildman–Crippen MR) is 125 cm³/mol. The van der Waals surface area contributed by atoms with Gasteiger partial charge in [-0.3, -0.25) is 19.7 Å². The van der Waals surface area contributed by atoms with Crippen LogP contribution in [0.3, 0.4) is 0 Å². The van der Waals surface area contributed by atoms with E-state index in [0.29, 0.717) is 16.1 Å². The number of aromatic nitrogens is 6. The van der Waals surface area contributed by atoms with E-state index in [9.17, 15) is 13.2 Å². The van der Waals surface area contributed by atoms with Crippen molar-refractivity contribution in [1.82, 2.24) is 30.4 Å². The summed E-state index contributed by atoms with van der Waals surface area (Å²) in [7, 11) is -2.52. The Kier molecular flexibility index (Phi) is 5.22. The molecule has 0 spiro atoms. The number of carbonyl (C=O) groups excluding carboxylic acids is 1. The third-order valence-corrected chi connectivity index (χ3v) is 7.16. The van der Waals surface area contributed by atoms with E-state index in [1.165, 1.54) is 30.8 Å². The average Bonchev–Trinajstić information content (AvgIpc) is 3.59. The zero-order valence-electron chi connectivity index (χ0n) is 17.4. The van der Waals surface area contributed by atoms with Gasteiger partial charge in [-0.2, -0.15) is 10.2 Å². The van der Waals surface area contributed by atoms with Crippen molar-refractivity contribution in [3.05, 3.63) is 54.1 Å². The molecule has 0 aliphatic rings. The predicted octanol–water partition coefficient (Wildman–Crippen LogP) is 2.38. The molecule has 172 valence electrons. The summed E-state index contributed by atoms with van der Waals surface area (Å²) in [5.74, 6) is -0.513. The molecule has 0 fully saturated rings. The number of pyridine rings is 1. The third-order valence-electron chi connectivity index (χ3n) is 4.95. The highest BCUT2D eigenvalue weighted by Gasteiger charge is 2.20. The van der Waals surface area contributed by atoms with Crippen molar-refractivity contribution in [3.63, 3.8) is 0 Å². The van der Waals surface area contributed by atoms with Gasteiger partial charge in [-0.25, -0.2) is 18.4 Å². The molecular formula is C20H16N8O4S2. The summed E-state index contributed by atoms with van der Waals surface area (Å²) in [6.45, 7) is 0. The summed E-state index contributed by atoms with van der Waals surface area (Å²) in [6.07, 6.45) is 5.68. The number of primary amides is 1. The van der Waals surface area contributed by atoms with Crippen molar-refractivity contribution in [2.75, 3.05) is 11.8 Å². The fourth-order valence-corrected chi connectivity index (χ4v) is 5.13. The molecule has 5 rings (SSSR count). The Balaban J connectivity index is 1.61. The number of sulfonamides is 1. The molecule has 0 saturated carbocycles. The smallest absolute Gasteiger partial charge is 0.268 e. The lowest BCUT2D eigenvalue weighted by Gasteiger charge is -2.12. The van der Waals surface area contributed by atoms with Crippen LogP contribution in [0.15, 0.2) is 53.3 Å². The number of amides is 1. The quantitative estimate of drug-likeness (QED) is 0.265. The lowest BCUT2D eigenvalue weighted by Crippen LogP contribution is -2.13. The Morgan fingerprint density at radius 3 is 2.71 bits per heavy atom. The molecule has 0 atom stereocenters. The Morgan fingerprint density at radius 1 is 1.15 bits per heavy atom. The summed E-state index contributed by atoms with van der Waals surface area (Å²) in [6, 6.07) is 5.33. The highest BCUT2D eigenvalue weighted by molar-refractivity contribution is 7.92. The van der Waals surface area contributed by atoms with Crippen LogP contribution in [0.25, 0.3) is 32.6 Å². The van der Waals surface area contributed by atoms with Gasteiger partial charge in [0.1, 0.15) is 21.3 Å². The summed E-state index contributed by atoms with van der Waals surface area (Å²) < 4.78 is 33.1. The van der Waals surface area contributed by atoms with Crippen molar-refractivity contribution in [3.8, 4) is 27.6 Å². The number of fused-ring (bicyclic) bond motifs is 1. The van der Waals surface area contributed by atoms with Gasteiger partial charge in [0.25, 0.3) is 15.9 Å². The molecule has 5 aromatic rings. The van der Waals surface area contributed by atoms with E-state index in [0.717, 1.165) is 16.5 Å². The van der Waals surface area contributed by atoms with Crippen molar-refractivity contribution >= 4 is 43.9 Å². The SMILES string of the molecule is COc1ncc(-c2cc(-c3nc(C(N)=O)cs3)c3cn[nH]c3c2)cc1NS(=O)(=O)c1cn[nH]c1. The molecule has 0 aliphatic carbocycles. The number of anilines is 1. The molecule has 12 nitrogen and oxygen atoms in total. The Morgan fingerprint density at radius 2 is 2.00 bits per heavy atom. The zero-order chi connectivity index (χ0) is 23.9. The minimum absolute atomic E-state index is 0.0323. The van der Waals surface area contributed by atoms with Gasteiger partial charge in [-0.1, -0.05) is 0 Å². The number of hydrogen-bond donors (Lipinski definition) is 4. The number of aromatic amines is 2. The maximum Gasteiger partial charge on any atom is 0.268 e. The molecule has 1 aromatic carbocycles. The van der Waals surface area contributed by atoms with Gasteiger partial charge in [0.2, 0.25) is 5.88 Å². The van der Waals surface area contributed by atoms with E-state index in [1.54, 1.807) is 23.8 Å². The molecule has 0 aliphatic heterocycles. The number of nitrogens with zero attached hydrogens (tertiary/aromatic N) is 4. The monoisotopic (exact) mass is 496 g/mol. The topological polar surface area (TPSA) is 182 Å². The number of ether oxygens (including phenoxy) is 1. The fraction of sp³-hybridized carbons (Fsp3) is 0.0500. The number of nitrogens with two attached hydrogens (primary N) is 1. The van der Waals surface area contributed by atoms with E-state index in [1.807, 2.05) is 12.1 Å². The van der Waals surface area contributed by atoms with Gasteiger partial charge in [0, 0.05) is 34.3 Å². The van der Waals surface area contributed by atoms with E-state index in [-0.39, 0.29) is 22.2 Å². The van der Waals surface area contributed by atoms with Crippen molar-refractivity contribution in [1.29, 1.82) is 0 Å². The molecule has 5 N–H and O–H groups in total. The van der Waals surface area contributed by atoms with Gasteiger partial charge in [0.05, 0.1) is 25.0 Å². The molecular weight excluding hydrogens is 480 g/mol. The van der Waals surface area contributed by atoms with E-state index >= 15 is 0 Å². The van der Waals surface area contributed by atoms with Crippen LogP contribution in [-0.4, -0.2) is 51.8 Å². The van der Waals surface area contributed by atoms with Gasteiger partial charge in [-0.05, 0) is 23.8 Å². The van der Waals surface area contributed by atoms with E-state index < -0.39 is 15.9 Å². The average molecular weight is 497 g/mol. The van der Waals surface area contributed by atoms with Gasteiger partial charge in [0.15, 0.2) is 0 Å². The molecule has 0 saturated heterocycles. The Bertz CT molecular complexity index is 1620.